The molecule has 3 aromatic rings. The second kappa shape index (κ2) is 8.42. The third-order valence-electron chi connectivity index (χ3n) is 4.89. The zero-order valence-corrected chi connectivity index (χ0v) is 19.7. The number of furan rings is 1. The summed E-state index contributed by atoms with van der Waals surface area (Å²) in [6, 6.07) is 14.6. The highest BCUT2D eigenvalue weighted by atomic mass is 79.9. The van der Waals surface area contributed by atoms with Crippen LogP contribution >= 0.6 is 39.7 Å². The maximum absolute atomic E-state index is 13.2. The maximum atomic E-state index is 13.2. The van der Waals surface area contributed by atoms with Crippen molar-refractivity contribution in [3.05, 3.63) is 80.5 Å². The van der Waals surface area contributed by atoms with Crippen molar-refractivity contribution < 1.29 is 14.0 Å². The predicted molar refractivity (Wildman–Crippen MR) is 129 cm³/mol. The highest BCUT2D eigenvalue weighted by Gasteiger charge is 2.35. The molecule has 8 heteroatoms. The minimum absolute atomic E-state index is 0.00114. The normalized spacial score (nSPS) is 15.5. The van der Waals surface area contributed by atoms with Gasteiger partial charge in [-0.05, 0) is 79.7 Å². The topological polar surface area (TPSA) is 62.6 Å². The molecule has 0 saturated carbocycles. The van der Waals surface area contributed by atoms with Gasteiger partial charge in [0.2, 0.25) is 0 Å². The van der Waals surface area contributed by atoms with E-state index in [4.69, 9.17) is 28.2 Å². The van der Waals surface area contributed by atoms with E-state index >= 15 is 0 Å². The average Bonchev–Trinajstić information content (AvgIpc) is 3.16. The van der Waals surface area contributed by atoms with Crippen LogP contribution < -0.4 is 10.2 Å². The Morgan fingerprint density at radius 2 is 1.90 bits per heavy atom. The standard InChI is InChI=1S/C23H16BrClN2O3S/c1-12-6-8-15(17(24)10-12)20-9-7-14(30-20)11-16-21(28)26-23(31)27(22(16)29)19-5-3-4-18(25)13(19)2/h3-11H,1-2H3,(H,26,28,31)/b16-11-. The molecule has 1 saturated heterocycles. The van der Waals surface area contributed by atoms with Crippen LogP contribution in [0.5, 0.6) is 0 Å². The molecule has 1 aliphatic heterocycles. The van der Waals surface area contributed by atoms with Crippen molar-refractivity contribution in [1.82, 2.24) is 5.32 Å². The van der Waals surface area contributed by atoms with Crippen molar-refractivity contribution >= 4 is 68.4 Å². The fraction of sp³-hybridized carbons (Fsp3) is 0.0870. The Hall–Kier alpha value is -2.74. The van der Waals surface area contributed by atoms with Gasteiger partial charge >= 0.3 is 0 Å². The Kier molecular flexibility index (Phi) is 5.83. The minimum Gasteiger partial charge on any atom is -0.457 e. The quantitative estimate of drug-likeness (QED) is 0.272. The number of nitrogens with one attached hydrogen (secondary N) is 1. The molecule has 2 amide bonds. The zero-order chi connectivity index (χ0) is 22.3. The second-order valence-electron chi connectivity index (χ2n) is 7.03. The molecule has 0 aliphatic carbocycles. The van der Waals surface area contributed by atoms with Crippen LogP contribution in [0, 0.1) is 13.8 Å². The van der Waals surface area contributed by atoms with Crippen molar-refractivity contribution in [2.24, 2.45) is 0 Å². The van der Waals surface area contributed by atoms with Gasteiger partial charge in [-0.1, -0.05) is 39.7 Å². The molecule has 1 fully saturated rings. The van der Waals surface area contributed by atoms with Gasteiger partial charge in [-0.25, -0.2) is 0 Å². The van der Waals surface area contributed by atoms with E-state index in [1.54, 1.807) is 37.3 Å². The van der Waals surface area contributed by atoms with E-state index in [0.29, 0.717) is 27.8 Å². The second-order valence-corrected chi connectivity index (χ2v) is 8.68. The number of halogens is 2. The zero-order valence-electron chi connectivity index (χ0n) is 16.5. The first-order valence-corrected chi connectivity index (χ1v) is 10.9. The Bertz CT molecular complexity index is 1280. The molecule has 156 valence electrons. The summed E-state index contributed by atoms with van der Waals surface area (Å²) in [4.78, 5) is 27.0. The lowest BCUT2D eigenvalue weighted by Crippen LogP contribution is -2.54. The molecular formula is C23H16BrClN2O3S. The number of carbonyl (C=O) groups excluding carboxylic acids is 2. The third kappa shape index (κ3) is 4.08. The summed E-state index contributed by atoms with van der Waals surface area (Å²) in [5.74, 6) is -0.147. The fourth-order valence-electron chi connectivity index (χ4n) is 3.25. The minimum atomic E-state index is -0.583. The first kappa shape index (κ1) is 21.5. The smallest absolute Gasteiger partial charge is 0.270 e. The third-order valence-corrected chi connectivity index (χ3v) is 6.24. The van der Waals surface area contributed by atoms with E-state index in [1.807, 2.05) is 25.1 Å². The van der Waals surface area contributed by atoms with Gasteiger partial charge in [0.05, 0.1) is 5.69 Å². The van der Waals surface area contributed by atoms with E-state index in [0.717, 1.165) is 15.6 Å². The van der Waals surface area contributed by atoms with Crippen molar-refractivity contribution in [2.45, 2.75) is 13.8 Å². The highest BCUT2D eigenvalue weighted by molar-refractivity contribution is 9.10. The van der Waals surface area contributed by atoms with Crippen LogP contribution in [0.25, 0.3) is 17.4 Å². The van der Waals surface area contributed by atoms with Gasteiger partial charge in [-0.3, -0.25) is 19.8 Å². The molecule has 0 bridgehead atoms. The first-order valence-electron chi connectivity index (χ1n) is 9.29. The van der Waals surface area contributed by atoms with Crippen molar-refractivity contribution in [3.63, 3.8) is 0 Å². The van der Waals surface area contributed by atoms with Crippen LogP contribution in [0.3, 0.4) is 0 Å². The van der Waals surface area contributed by atoms with Crippen LogP contribution in [0.15, 0.2) is 63.0 Å². The Morgan fingerprint density at radius 3 is 2.65 bits per heavy atom. The largest absolute Gasteiger partial charge is 0.457 e. The number of hydrogen-bond acceptors (Lipinski definition) is 4. The summed E-state index contributed by atoms with van der Waals surface area (Å²) in [7, 11) is 0. The summed E-state index contributed by atoms with van der Waals surface area (Å²) in [5, 5.41) is 3.06. The van der Waals surface area contributed by atoms with E-state index in [9.17, 15) is 9.59 Å². The number of anilines is 1. The lowest BCUT2D eigenvalue weighted by atomic mass is 10.1. The Balaban J connectivity index is 1.71. The average molecular weight is 516 g/mol. The molecule has 2 heterocycles. The lowest BCUT2D eigenvalue weighted by Gasteiger charge is -2.30. The van der Waals surface area contributed by atoms with Gasteiger partial charge in [0.15, 0.2) is 5.11 Å². The van der Waals surface area contributed by atoms with Crippen molar-refractivity contribution in [2.75, 3.05) is 4.90 Å². The van der Waals surface area contributed by atoms with E-state index in [2.05, 4.69) is 21.2 Å². The van der Waals surface area contributed by atoms with Crippen LogP contribution in [-0.2, 0) is 9.59 Å². The van der Waals surface area contributed by atoms with Crippen LogP contribution in [-0.4, -0.2) is 16.9 Å². The van der Waals surface area contributed by atoms with E-state index in [1.165, 1.54) is 11.0 Å². The SMILES string of the molecule is Cc1ccc(-c2ccc(/C=C3/C(=O)NC(=S)N(c4cccc(Cl)c4C)C3=O)o2)c(Br)c1. The summed E-state index contributed by atoms with van der Waals surface area (Å²) < 4.78 is 6.78. The predicted octanol–water partition coefficient (Wildman–Crippen LogP) is 5.81. The number of carbonyl (C=O) groups is 2. The molecular weight excluding hydrogens is 500 g/mol. The van der Waals surface area contributed by atoms with Crippen molar-refractivity contribution in [3.8, 4) is 11.3 Å². The number of nitrogens with zero attached hydrogens (tertiary/aromatic N) is 1. The Labute approximate surface area is 197 Å². The van der Waals surface area contributed by atoms with Gasteiger partial charge in [-0.15, -0.1) is 0 Å². The molecule has 4 rings (SSSR count). The lowest BCUT2D eigenvalue weighted by molar-refractivity contribution is -0.122. The van der Waals surface area contributed by atoms with Gasteiger partial charge in [0, 0.05) is 15.1 Å². The molecule has 31 heavy (non-hydrogen) atoms. The molecule has 5 nitrogen and oxygen atoms in total. The summed E-state index contributed by atoms with van der Waals surface area (Å²) >= 11 is 15.0. The summed E-state index contributed by atoms with van der Waals surface area (Å²) in [6.45, 7) is 3.78. The van der Waals surface area contributed by atoms with Gasteiger partial charge in [0.1, 0.15) is 17.1 Å². The monoisotopic (exact) mass is 514 g/mol. The van der Waals surface area contributed by atoms with Crippen LogP contribution in [0.2, 0.25) is 5.02 Å². The number of aryl methyl sites for hydroxylation is 1. The fourth-order valence-corrected chi connectivity index (χ4v) is 4.38. The maximum Gasteiger partial charge on any atom is 0.270 e. The molecule has 0 unspecified atom stereocenters. The number of hydrogen-bond donors (Lipinski definition) is 1. The van der Waals surface area contributed by atoms with Gasteiger partial charge in [-0.2, -0.15) is 0 Å². The van der Waals surface area contributed by atoms with Crippen LogP contribution in [0.4, 0.5) is 5.69 Å². The first-order chi connectivity index (χ1) is 14.8. The molecule has 2 aromatic carbocycles. The number of benzene rings is 2. The molecule has 1 aromatic heterocycles. The van der Waals surface area contributed by atoms with Gasteiger partial charge < -0.3 is 4.42 Å². The van der Waals surface area contributed by atoms with Crippen LogP contribution in [0.1, 0.15) is 16.9 Å². The number of amides is 2. The number of thiocarbonyl (C=S) groups is 1. The van der Waals surface area contributed by atoms with Crippen molar-refractivity contribution in [1.29, 1.82) is 0 Å². The Morgan fingerprint density at radius 1 is 1.13 bits per heavy atom. The molecule has 0 atom stereocenters. The van der Waals surface area contributed by atoms with Gasteiger partial charge in [0.25, 0.3) is 11.8 Å². The molecule has 0 radical (unpaired) electrons. The highest BCUT2D eigenvalue weighted by Crippen LogP contribution is 2.32. The molecule has 0 spiro atoms. The van der Waals surface area contributed by atoms with E-state index < -0.39 is 11.8 Å². The molecule has 1 aliphatic rings. The summed E-state index contributed by atoms with van der Waals surface area (Å²) in [6.07, 6.45) is 1.41. The molecule has 1 N–H and O–H groups in total. The number of rotatable bonds is 3. The summed E-state index contributed by atoms with van der Waals surface area (Å²) in [5.41, 5.74) is 3.09. The van der Waals surface area contributed by atoms with E-state index in [-0.39, 0.29) is 10.7 Å².